The number of hydrogen-bond donors (Lipinski definition) is 1. The van der Waals surface area contributed by atoms with E-state index in [0.717, 1.165) is 0 Å². The number of carbonyl (C=O) groups is 1. The number of anilines is 1. The van der Waals surface area contributed by atoms with Crippen LogP contribution in [0.3, 0.4) is 0 Å². The Morgan fingerprint density at radius 1 is 1.50 bits per heavy atom. The Kier molecular flexibility index (Phi) is 4.20. The third-order valence-electron chi connectivity index (χ3n) is 1.44. The van der Waals surface area contributed by atoms with Gasteiger partial charge in [0.1, 0.15) is 6.61 Å². The van der Waals surface area contributed by atoms with Crippen molar-refractivity contribution in [1.82, 2.24) is 0 Å². The van der Waals surface area contributed by atoms with Crippen LogP contribution in [0, 0.1) is 7.11 Å². The second-order valence-electron chi connectivity index (χ2n) is 2.52. The van der Waals surface area contributed by atoms with Gasteiger partial charge in [0, 0.05) is 5.02 Å². The summed E-state index contributed by atoms with van der Waals surface area (Å²) >= 11 is 11.5. The van der Waals surface area contributed by atoms with Crippen LogP contribution in [0.1, 0.15) is 0 Å². The topological polar surface area (TPSA) is 38.3 Å². The van der Waals surface area contributed by atoms with Gasteiger partial charge in [0.05, 0.1) is 17.8 Å². The van der Waals surface area contributed by atoms with Crippen LogP contribution in [0.4, 0.5) is 5.69 Å². The number of ether oxygens (including phenoxy) is 1. The fourth-order valence-corrected chi connectivity index (χ4v) is 1.33. The van der Waals surface area contributed by atoms with Gasteiger partial charge in [-0.2, -0.15) is 0 Å². The molecule has 0 fully saturated rings. The maximum Gasteiger partial charge on any atom is 0.250 e. The maximum atomic E-state index is 11.1. The van der Waals surface area contributed by atoms with E-state index in [-0.39, 0.29) is 12.5 Å². The fraction of sp³-hybridized carbons (Fsp3) is 0.111. The normalized spacial score (nSPS) is 9.93. The number of carbonyl (C=O) groups excluding carboxylic acids is 1. The third kappa shape index (κ3) is 3.18. The fourth-order valence-electron chi connectivity index (χ4n) is 0.870. The molecule has 0 spiro atoms. The van der Waals surface area contributed by atoms with Crippen molar-refractivity contribution in [2.24, 2.45) is 0 Å². The summed E-state index contributed by atoms with van der Waals surface area (Å²) in [6, 6.07) is 4.80. The summed E-state index contributed by atoms with van der Waals surface area (Å²) in [5, 5.41) is 3.44. The van der Waals surface area contributed by atoms with Crippen LogP contribution in [0.2, 0.25) is 10.0 Å². The van der Waals surface area contributed by atoms with E-state index in [0.29, 0.717) is 15.7 Å². The SMILES string of the molecule is [CH2]OCC(=O)Nc1ccc(Cl)cc1Cl. The lowest BCUT2D eigenvalue weighted by Gasteiger charge is -2.06. The molecule has 14 heavy (non-hydrogen) atoms. The maximum absolute atomic E-state index is 11.1. The zero-order valence-corrected chi connectivity index (χ0v) is 8.73. The molecule has 0 aromatic heterocycles. The van der Waals surface area contributed by atoms with Gasteiger partial charge in [-0.05, 0) is 18.2 Å². The number of halogens is 2. The van der Waals surface area contributed by atoms with Crippen LogP contribution in [0.25, 0.3) is 0 Å². The van der Waals surface area contributed by atoms with E-state index < -0.39 is 0 Å². The van der Waals surface area contributed by atoms with Crippen LogP contribution in [-0.2, 0) is 9.53 Å². The zero-order chi connectivity index (χ0) is 10.6. The zero-order valence-electron chi connectivity index (χ0n) is 7.22. The Balaban J connectivity index is 2.72. The highest BCUT2D eigenvalue weighted by atomic mass is 35.5. The van der Waals surface area contributed by atoms with Gasteiger partial charge >= 0.3 is 0 Å². The molecule has 0 heterocycles. The third-order valence-corrected chi connectivity index (χ3v) is 1.99. The molecule has 1 aromatic rings. The highest BCUT2D eigenvalue weighted by Crippen LogP contribution is 2.25. The molecule has 1 radical (unpaired) electrons. The van der Waals surface area contributed by atoms with E-state index >= 15 is 0 Å². The molecule has 3 nitrogen and oxygen atoms in total. The van der Waals surface area contributed by atoms with E-state index in [1.807, 2.05) is 0 Å². The summed E-state index contributed by atoms with van der Waals surface area (Å²) < 4.78 is 4.41. The van der Waals surface area contributed by atoms with Crippen molar-refractivity contribution >= 4 is 34.8 Å². The predicted octanol–water partition coefficient (Wildman–Crippen LogP) is 2.74. The van der Waals surface area contributed by atoms with E-state index in [1.165, 1.54) is 0 Å². The summed E-state index contributed by atoms with van der Waals surface area (Å²) in [5.41, 5.74) is 0.498. The summed E-state index contributed by atoms with van der Waals surface area (Å²) in [6.07, 6.45) is 0. The quantitative estimate of drug-likeness (QED) is 0.871. The van der Waals surface area contributed by atoms with E-state index in [4.69, 9.17) is 23.2 Å². The minimum Gasteiger partial charge on any atom is -0.369 e. The van der Waals surface area contributed by atoms with Gasteiger partial charge in [-0.3, -0.25) is 4.79 Å². The van der Waals surface area contributed by atoms with Gasteiger partial charge in [-0.25, -0.2) is 0 Å². The number of rotatable bonds is 3. The molecule has 1 N–H and O–H groups in total. The van der Waals surface area contributed by atoms with Crippen LogP contribution in [0.15, 0.2) is 18.2 Å². The summed E-state index contributed by atoms with van der Waals surface area (Å²) in [4.78, 5) is 11.1. The first-order valence-corrected chi connectivity index (χ1v) is 4.51. The molecule has 5 heteroatoms. The highest BCUT2D eigenvalue weighted by molar-refractivity contribution is 6.36. The van der Waals surface area contributed by atoms with Gasteiger partial charge in [-0.1, -0.05) is 23.2 Å². The summed E-state index contributed by atoms with van der Waals surface area (Å²) in [5.74, 6) is -0.316. The van der Waals surface area contributed by atoms with Crippen molar-refractivity contribution in [3.8, 4) is 0 Å². The monoisotopic (exact) mass is 232 g/mol. The van der Waals surface area contributed by atoms with Crippen LogP contribution >= 0.6 is 23.2 Å². The summed E-state index contributed by atoms with van der Waals surface area (Å²) in [7, 11) is 3.09. The predicted molar refractivity (Wildman–Crippen MR) is 56.4 cm³/mol. The van der Waals surface area contributed by atoms with Crippen molar-refractivity contribution in [3.63, 3.8) is 0 Å². The molecule has 75 valence electrons. The highest BCUT2D eigenvalue weighted by Gasteiger charge is 2.05. The smallest absolute Gasteiger partial charge is 0.250 e. The molecule has 0 saturated heterocycles. The number of hydrogen-bond acceptors (Lipinski definition) is 2. The first-order chi connectivity index (χ1) is 6.63. The average Bonchev–Trinajstić information content (AvgIpc) is 2.10. The molecule has 0 unspecified atom stereocenters. The first kappa shape index (κ1) is 11.3. The van der Waals surface area contributed by atoms with Gasteiger partial charge in [0.2, 0.25) is 5.91 Å². The minimum atomic E-state index is -0.316. The van der Waals surface area contributed by atoms with Crippen LogP contribution in [-0.4, -0.2) is 12.5 Å². The molecule has 0 aliphatic heterocycles. The van der Waals surface area contributed by atoms with Gasteiger partial charge in [0.15, 0.2) is 0 Å². The summed E-state index contributed by atoms with van der Waals surface area (Å²) in [6.45, 7) is -0.112. The Bertz CT molecular complexity index is 342. The van der Waals surface area contributed by atoms with Gasteiger partial charge in [-0.15, -0.1) is 0 Å². The molecule has 1 rings (SSSR count). The Hall–Kier alpha value is -0.770. The molecule has 0 saturated carbocycles. The number of nitrogens with one attached hydrogen (secondary N) is 1. The second kappa shape index (κ2) is 5.20. The molecular weight excluding hydrogens is 225 g/mol. The first-order valence-electron chi connectivity index (χ1n) is 3.75. The lowest BCUT2D eigenvalue weighted by molar-refractivity contribution is -0.119. The standard InChI is InChI=1S/C9H8Cl2NO2/c1-14-5-9(13)12-8-3-2-6(10)4-7(8)11/h2-4H,1,5H2,(H,12,13). The van der Waals surface area contributed by atoms with Crippen molar-refractivity contribution < 1.29 is 9.53 Å². The van der Waals surface area contributed by atoms with E-state index in [2.05, 4.69) is 17.2 Å². The molecule has 0 aliphatic carbocycles. The molecule has 1 aromatic carbocycles. The molecule has 1 amide bonds. The van der Waals surface area contributed by atoms with Crippen molar-refractivity contribution in [3.05, 3.63) is 35.4 Å². The van der Waals surface area contributed by atoms with Gasteiger partial charge < -0.3 is 10.1 Å². The Labute approximate surface area is 92.0 Å². The average molecular weight is 233 g/mol. The van der Waals surface area contributed by atoms with Crippen molar-refractivity contribution in [2.45, 2.75) is 0 Å². The molecule has 0 aliphatic rings. The van der Waals surface area contributed by atoms with Crippen molar-refractivity contribution in [2.75, 3.05) is 11.9 Å². The van der Waals surface area contributed by atoms with E-state index in [9.17, 15) is 4.79 Å². The lowest BCUT2D eigenvalue weighted by Crippen LogP contribution is -2.16. The molecular formula is C9H8Cl2NO2. The lowest BCUT2D eigenvalue weighted by atomic mass is 10.3. The largest absolute Gasteiger partial charge is 0.369 e. The number of benzene rings is 1. The van der Waals surface area contributed by atoms with Crippen LogP contribution < -0.4 is 5.32 Å². The molecule has 0 atom stereocenters. The van der Waals surface area contributed by atoms with Crippen LogP contribution in [0.5, 0.6) is 0 Å². The Morgan fingerprint density at radius 3 is 2.79 bits per heavy atom. The minimum absolute atomic E-state index is 0.112. The van der Waals surface area contributed by atoms with E-state index in [1.54, 1.807) is 18.2 Å². The van der Waals surface area contributed by atoms with Crippen molar-refractivity contribution in [1.29, 1.82) is 0 Å². The second-order valence-corrected chi connectivity index (χ2v) is 3.36. The van der Waals surface area contributed by atoms with Gasteiger partial charge in [0.25, 0.3) is 0 Å². The number of amides is 1. The Morgan fingerprint density at radius 2 is 2.21 bits per heavy atom. The molecule has 0 bridgehead atoms.